The van der Waals surface area contributed by atoms with Gasteiger partial charge in [0.1, 0.15) is 0 Å². The van der Waals surface area contributed by atoms with Crippen molar-refractivity contribution in [2.45, 2.75) is 6.42 Å². The van der Waals surface area contributed by atoms with E-state index in [0.717, 1.165) is 25.2 Å². The van der Waals surface area contributed by atoms with Gasteiger partial charge in [-0.25, -0.2) is 0 Å². The zero-order valence-corrected chi connectivity index (χ0v) is 4.28. The molecule has 1 aliphatic heterocycles. The maximum Gasteiger partial charge on any atom is 0.0348 e. The predicted molar refractivity (Wildman–Crippen MR) is 29.8 cm³/mol. The fraction of sp³-hybridized carbons (Fsp3) is 0.600. The van der Waals surface area contributed by atoms with Crippen molar-refractivity contribution in [1.82, 2.24) is 5.32 Å². The Balaban J connectivity index is 2.40. The van der Waals surface area contributed by atoms with Crippen LogP contribution in [0.3, 0.4) is 0 Å². The minimum absolute atomic E-state index is 0.875. The summed E-state index contributed by atoms with van der Waals surface area (Å²) < 4.78 is 0. The first-order chi connectivity index (χ1) is 3.39. The molecule has 1 aliphatic rings. The Labute approximate surface area is 43.4 Å². The molecule has 0 atom stereocenters. The smallest absolute Gasteiger partial charge is 0.0348 e. The minimum atomic E-state index is 0.875. The minimum Gasteiger partial charge on any atom is -0.401 e. The summed E-state index contributed by atoms with van der Waals surface area (Å²) in [6.45, 7) is 1.96. The molecule has 0 aromatic rings. The van der Waals surface area contributed by atoms with Crippen LogP contribution in [-0.2, 0) is 0 Å². The van der Waals surface area contributed by atoms with Crippen LogP contribution in [0.15, 0.2) is 11.8 Å². The Morgan fingerprint density at radius 3 is 2.86 bits per heavy atom. The topological polar surface area (TPSA) is 38.0 Å². The van der Waals surface area contributed by atoms with E-state index >= 15 is 0 Å². The Morgan fingerprint density at radius 2 is 2.57 bits per heavy atom. The molecule has 0 saturated heterocycles. The lowest BCUT2D eigenvalue weighted by molar-refractivity contribution is 0.697. The average molecular weight is 98.1 g/mol. The lowest BCUT2D eigenvalue weighted by Gasteiger charge is -2.08. The lowest BCUT2D eigenvalue weighted by Crippen LogP contribution is -2.25. The molecule has 0 fully saturated rings. The van der Waals surface area contributed by atoms with Gasteiger partial charge in [0.05, 0.1) is 0 Å². The molecule has 0 aromatic carbocycles. The summed E-state index contributed by atoms with van der Waals surface area (Å²) in [4.78, 5) is 0. The first-order valence-electron chi connectivity index (χ1n) is 2.55. The van der Waals surface area contributed by atoms with Crippen LogP contribution in [-0.4, -0.2) is 13.1 Å². The molecule has 3 N–H and O–H groups in total. The monoisotopic (exact) mass is 98.1 g/mol. The predicted octanol–water partition coefficient (Wildman–Crippen LogP) is -0.178. The van der Waals surface area contributed by atoms with Gasteiger partial charge in [-0.05, 0) is 13.0 Å². The maximum atomic E-state index is 5.43. The molecule has 2 heteroatoms. The summed E-state index contributed by atoms with van der Waals surface area (Å²) in [5.74, 6) is 0. The number of hydrogen-bond acceptors (Lipinski definition) is 2. The largest absolute Gasteiger partial charge is 0.401 e. The van der Waals surface area contributed by atoms with Crippen molar-refractivity contribution >= 4 is 0 Å². The first kappa shape index (κ1) is 4.65. The van der Waals surface area contributed by atoms with E-state index in [9.17, 15) is 0 Å². The van der Waals surface area contributed by atoms with Crippen LogP contribution in [0.2, 0.25) is 0 Å². The Morgan fingerprint density at radius 1 is 1.71 bits per heavy atom. The Kier molecular flexibility index (Phi) is 1.32. The number of rotatable bonds is 0. The average Bonchev–Trinajstić information content (AvgIpc) is 1.69. The van der Waals surface area contributed by atoms with Gasteiger partial charge < -0.3 is 11.1 Å². The highest BCUT2D eigenvalue weighted by Gasteiger charge is 1.94. The molecule has 2 nitrogen and oxygen atoms in total. The van der Waals surface area contributed by atoms with Gasteiger partial charge in [0.25, 0.3) is 0 Å². The molecule has 40 valence electrons. The van der Waals surface area contributed by atoms with E-state index < -0.39 is 0 Å². The third-order valence-corrected chi connectivity index (χ3v) is 1.06. The van der Waals surface area contributed by atoms with Crippen molar-refractivity contribution in [2.24, 2.45) is 5.73 Å². The standard InChI is InChI=1S/C5H10N2/c6-5-2-1-3-7-4-5/h2,7H,1,3-4,6H2. The van der Waals surface area contributed by atoms with Crippen molar-refractivity contribution in [1.29, 1.82) is 0 Å². The highest BCUT2D eigenvalue weighted by Crippen LogP contribution is 1.91. The van der Waals surface area contributed by atoms with Gasteiger partial charge in [-0.3, -0.25) is 0 Å². The molecule has 0 bridgehead atoms. The number of nitrogens with one attached hydrogen (secondary N) is 1. The normalized spacial score (nSPS) is 21.4. The van der Waals surface area contributed by atoms with Gasteiger partial charge in [0.2, 0.25) is 0 Å². The molecule has 0 aromatic heterocycles. The fourth-order valence-electron chi connectivity index (χ4n) is 0.665. The van der Waals surface area contributed by atoms with Gasteiger partial charge >= 0.3 is 0 Å². The van der Waals surface area contributed by atoms with Gasteiger partial charge in [0, 0.05) is 12.2 Å². The van der Waals surface area contributed by atoms with Crippen LogP contribution in [0.1, 0.15) is 6.42 Å². The first-order valence-corrected chi connectivity index (χ1v) is 2.55. The van der Waals surface area contributed by atoms with Gasteiger partial charge in [-0.1, -0.05) is 6.08 Å². The third-order valence-electron chi connectivity index (χ3n) is 1.06. The van der Waals surface area contributed by atoms with E-state index in [4.69, 9.17) is 5.73 Å². The maximum absolute atomic E-state index is 5.43. The van der Waals surface area contributed by atoms with Crippen molar-refractivity contribution in [3.05, 3.63) is 11.8 Å². The molecule has 0 saturated carbocycles. The summed E-state index contributed by atoms with van der Waals surface area (Å²) in [7, 11) is 0. The van der Waals surface area contributed by atoms with Crippen LogP contribution >= 0.6 is 0 Å². The molecule has 0 unspecified atom stereocenters. The van der Waals surface area contributed by atoms with E-state index in [1.54, 1.807) is 0 Å². The van der Waals surface area contributed by atoms with Gasteiger partial charge in [-0.15, -0.1) is 0 Å². The summed E-state index contributed by atoms with van der Waals surface area (Å²) >= 11 is 0. The summed E-state index contributed by atoms with van der Waals surface area (Å²) in [6.07, 6.45) is 3.16. The van der Waals surface area contributed by atoms with Crippen LogP contribution < -0.4 is 11.1 Å². The zero-order valence-electron chi connectivity index (χ0n) is 4.28. The molecular formula is C5H10N2. The zero-order chi connectivity index (χ0) is 5.11. The van der Waals surface area contributed by atoms with E-state index in [-0.39, 0.29) is 0 Å². The Bertz CT molecular complexity index is 86.1. The highest BCUT2D eigenvalue weighted by molar-refractivity contribution is 5.01. The molecular weight excluding hydrogens is 88.1 g/mol. The van der Waals surface area contributed by atoms with Crippen molar-refractivity contribution in [2.75, 3.05) is 13.1 Å². The fourth-order valence-corrected chi connectivity index (χ4v) is 0.665. The number of hydrogen-bond donors (Lipinski definition) is 2. The highest BCUT2D eigenvalue weighted by atomic mass is 14.9. The second kappa shape index (κ2) is 1.98. The van der Waals surface area contributed by atoms with E-state index in [1.807, 2.05) is 0 Å². The van der Waals surface area contributed by atoms with Crippen molar-refractivity contribution in [3.8, 4) is 0 Å². The SMILES string of the molecule is NC1=CCCNC1. The third kappa shape index (κ3) is 1.20. The van der Waals surface area contributed by atoms with E-state index in [2.05, 4.69) is 11.4 Å². The molecule has 1 rings (SSSR count). The van der Waals surface area contributed by atoms with Crippen LogP contribution in [0.4, 0.5) is 0 Å². The summed E-state index contributed by atoms with van der Waals surface area (Å²) in [5.41, 5.74) is 6.41. The molecule has 0 radical (unpaired) electrons. The molecule has 0 spiro atoms. The summed E-state index contributed by atoms with van der Waals surface area (Å²) in [5, 5.41) is 3.14. The second-order valence-electron chi connectivity index (χ2n) is 1.74. The molecule has 7 heavy (non-hydrogen) atoms. The Hall–Kier alpha value is -0.500. The lowest BCUT2D eigenvalue weighted by atomic mass is 10.2. The van der Waals surface area contributed by atoms with Crippen LogP contribution in [0, 0.1) is 0 Å². The summed E-state index contributed by atoms with van der Waals surface area (Å²) in [6, 6.07) is 0. The van der Waals surface area contributed by atoms with Gasteiger partial charge in [-0.2, -0.15) is 0 Å². The quantitative estimate of drug-likeness (QED) is 0.441. The van der Waals surface area contributed by atoms with Crippen LogP contribution in [0.25, 0.3) is 0 Å². The van der Waals surface area contributed by atoms with Gasteiger partial charge in [0.15, 0.2) is 0 Å². The molecule has 1 heterocycles. The second-order valence-corrected chi connectivity index (χ2v) is 1.74. The van der Waals surface area contributed by atoms with Crippen molar-refractivity contribution in [3.63, 3.8) is 0 Å². The molecule has 0 aliphatic carbocycles. The molecule has 0 amide bonds. The van der Waals surface area contributed by atoms with E-state index in [0.29, 0.717) is 0 Å². The van der Waals surface area contributed by atoms with Crippen LogP contribution in [0.5, 0.6) is 0 Å². The number of nitrogens with two attached hydrogens (primary N) is 1. The van der Waals surface area contributed by atoms with Crippen molar-refractivity contribution < 1.29 is 0 Å². The van der Waals surface area contributed by atoms with E-state index in [1.165, 1.54) is 0 Å².